The summed E-state index contributed by atoms with van der Waals surface area (Å²) < 4.78 is 0. The van der Waals surface area contributed by atoms with Crippen LogP contribution in [0.25, 0.3) is 10.9 Å². The van der Waals surface area contributed by atoms with E-state index >= 15 is 0 Å². The van der Waals surface area contributed by atoms with Gasteiger partial charge in [0.05, 0.1) is 17.8 Å². The van der Waals surface area contributed by atoms with Gasteiger partial charge in [0.25, 0.3) is 5.91 Å². The summed E-state index contributed by atoms with van der Waals surface area (Å²) in [7, 11) is 0. The third-order valence-electron chi connectivity index (χ3n) is 2.46. The van der Waals surface area contributed by atoms with Crippen molar-refractivity contribution in [1.29, 1.82) is 5.26 Å². The molecule has 0 unspecified atom stereocenters. The molecule has 0 saturated heterocycles. The summed E-state index contributed by atoms with van der Waals surface area (Å²) in [5, 5.41) is 18.8. The fraction of sp³-hybridized carbons (Fsp3) is 0.250. The lowest BCUT2D eigenvalue weighted by molar-refractivity contribution is 0.0953. The number of fused-ring (bicyclic) bond motifs is 1. The van der Waals surface area contributed by atoms with Crippen LogP contribution in [0.5, 0.6) is 0 Å². The Labute approximate surface area is 98.4 Å². The lowest BCUT2D eigenvalue weighted by Crippen LogP contribution is -2.24. The van der Waals surface area contributed by atoms with Gasteiger partial charge in [0, 0.05) is 23.9 Å². The van der Waals surface area contributed by atoms with Gasteiger partial charge in [-0.25, -0.2) is 0 Å². The monoisotopic (exact) mass is 228 g/mol. The maximum absolute atomic E-state index is 11.7. The van der Waals surface area contributed by atoms with Gasteiger partial charge < -0.3 is 5.32 Å². The Morgan fingerprint density at radius 1 is 1.53 bits per heavy atom. The molecule has 0 spiro atoms. The number of aromatic nitrogens is 2. The Balaban J connectivity index is 2.01. The van der Waals surface area contributed by atoms with Gasteiger partial charge >= 0.3 is 0 Å². The number of hydrogen-bond donors (Lipinski definition) is 2. The minimum absolute atomic E-state index is 0.126. The SMILES string of the molecule is N#CCCCNC(=O)c1ccc2cn[nH]c2c1. The number of unbranched alkanes of at least 4 members (excludes halogenated alkanes) is 1. The topological polar surface area (TPSA) is 81.6 Å². The molecule has 0 aliphatic rings. The number of nitriles is 1. The highest BCUT2D eigenvalue weighted by atomic mass is 16.1. The molecule has 2 rings (SSSR count). The van der Waals surface area contributed by atoms with Crippen LogP contribution in [0.2, 0.25) is 0 Å². The molecular formula is C12H12N4O. The molecule has 2 aromatic rings. The first-order valence-corrected chi connectivity index (χ1v) is 5.39. The van der Waals surface area contributed by atoms with Crippen molar-refractivity contribution in [2.24, 2.45) is 0 Å². The van der Waals surface area contributed by atoms with Crippen molar-refractivity contribution in [1.82, 2.24) is 15.5 Å². The number of nitrogens with one attached hydrogen (secondary N) is 2. The van der Waals surface area contributed by atoms with Crippen LogP contribution in [0.3, 0.4) is 0 Å². The van der Waals surface area contributed by atoms with E-state index in [0.29, 0.717) is 24.9 Å². The molecule has 0 atom stereocenters. The van der Waals surface area contributed by atoms with Crippen LogP contribution >= 0.6 is 0 Å². The average Bonchev–Trinajstić information content (AvgIpc) is 2.81. The predicted molar refractivity (Wildman–Crippen MR) is 63.3 cm³/mol. The highest BCUT2D eigenvalue weighted by Crippen LogP contribution is 2.12. The molecule has 0 aliphatic heterocycles. The van der Waals surface area contributed by atoms with Gasteiger partial charge in [-0.2, -0.15) is 10.4 Å². The molecule has 0 aliphatic carbocycles. The minimum atomic E-state index is -0.126. The summed E-state index contributed by atoms with van der Waals surface area (Å²) in [4.78, 5) is 11.7. The third kappa shape index (κ3) is 2.61. The second-order valence-corrected chi connectivity index (χ2v) is 3.69. The fourth-order valence-corrected chi connectivity index (χ4v) is 1.55. The molecule has 1 amide bonds. The van der Waals surface area contributed by atoms with Gasteiger partial charge in [-0.15, -0.1) is 0 Å². The number of hydrogen-bond acceptors (Lipinski definition) is 3. The van der Waals surface area contributed by atoms with Crippen molar-refractivity contribution in [3.05, 3.63) is 30.0 Å². The molecule has 2 N–H and O–H groups in total. The average molecular weight is 228 g/mol. The summed E-state index contributed by atoms with van der Waals surface area (Å²) >= 11 is 0. The van der Waals surface area contributed by atoms with Crippen molar-refractivity contribution in [2.75, 3.05) is 6.54 Å². The second kappa shape index (κ2) is 5.12. The first-order valence-electron chi connectivity index (χ1n) is 5.39. The Bertz CT molecular complexity index is 567. The molecule has 0 saturated carbocycles. The lowest BCUT2D eigenvalue weighted by Gasteiger charge is -2.03. The number of amides is 1. The van der Waals surface area contributed by atoms with Gasteiger partial charge in [-0.3, -0.25) is 9.89 Å². The van der Waals surface area contributed by atoms with E-state index in [0.717, 1.165) is 10.9 Å². The molecule has 1 heterocycles. The molecular weight excluding hydrogens is 216 g/mol. The first kappa shape index (κ1) is 11.1. The highest BCUT2D eigenvalue weighted by Gasteiger charge is 2.06. The summed E-state index contributed by atoms with van der Waals surface area (Å²) in [5.74, 6) is -0.126. The molecule has 86 valence electrons. The van der Waals surface area contributed by atoms with E-state index in [1.165, 1.54) is 0 Å². The highest BCUT2D eigenvalue weighted by molar-refractivity contribution is 5.97. The van der Waals surface area contributed by atoms with Crippen molar-refractivity contribution < 1.29 is 4.79 Å². The van der Waals surface area contributed by atoms with Crippen molar-refractivity contribution >= 4 is 16.8 Å². The van der Waals surface area contributed by atoms with E-state index in [2.05, 4.69) is 15.5 Å². The number of rotatable bonds is 4. The van der Waals surface area contributed by atoms with Gasteiger partial charge in [0.2, 0.25) is 0 Å². The van der Waals surface area contributed by atoms with Crippen molar-refractivity contribution in [2.45, 2.75) is 12.8 Å². The van der Waals surface area contributed by atoms with E-state index in [-0.39, 0.29) is 5.91 Å². The molecule has 17 heavy (non-hydrogen) atoms. The van der Waals surface area contributed by atoms with E-state index in [9.17, 15) is 4.79 Å². The standard InChI is InChI=1S/C12H12N4O/c13-5-1-2-6-14-12(17)9-3-4-10-8-15-16-11(10)7-9/h3-4,7-8H,1-2,6H2,(H,14,17)(H,15,16). The van der Waals surface area contributed by atoms with Crippen LogP contribution in [0, 0.1) is 11.3 Å². The van der Waals surface area contributed by atoms with Crippen LogP contribution in [0.1, 0.15) is 23.2 Å². The van der Waals surface area contributed by atoms with Gasteiger partial charge in [-0.05, 0) is 18.6 Å². The Kier molecular flexibility index (Phi) is 3.36. The second-order valence-electron chi connectivity index (χ2n) is 3.69. The zero-order chi connectivity index (χ0) is 12.1. The zero-order valence-electron chi connectivity index (χ0n) is 9.23. The van der Waals surface area contributed by atoms with Crippen molar-refractivity contribution in [3.63, 3.8) is 0 Å². The smallest absolute Gasteiger partial charge is 0.251 e. The van der Waals surface area contributed by atoms with Gasteiger partial charge in [-0.1, -0.05) is 6.07 Å². The van der Waals surface area contributed by atoms with Gasteiger partial charge in [0.15, 0.2) is 0 Å². The Morgan fingerprint density at radius 2 is 2.41 bits per heavy atom. The van der Waals surface area contributed by atoms with E-state index in [1.807, 2.05) is 12.1 Å². The number of aromatic amines is 1. The Morgan fingerprint density at radius 3 is 3.24 bits per heavy atom. The maximum Gasteiger partial charge on any atom is 0.251 e. The molecule has 1 aromatic heterocycles. The van der Waals surface area contributed by atoms with Crippen LogP contribution < -0.4 is 5.32 Å². The van der Waals surface area contributed by atoms with Crippen LogP contribution in [-0.2, 0) is 0 Å². The third-order valence-corrected chi connectivity index (χ3v) is 2.46. The lowest BCUT2D eigenvalue weighted by atomic mass is 10.1. The van der Waals surface area contributed by atoms with E-state index in [1.54, 1.807) is 18.3 Å². The quantitative estimate of drug-likeness (QED) is 0.780. The van der Waals surface area contributed by atoms with Crippen molar-refractivity contribution in [3.8, 4) is 6.07 Å². The number of carbonyl (C=O) groups is 1. The predicted octanol–water partition coefficient (Wildman–Crippen LogP) is 1.60. The van der Waals surface area contributed by atoms with E-state index in [4.69, 9.17) is 5.26 Å². The molecule has 5 nitrogen and oxygen atoms in total. The van der Waals surface area contributed by atoms with Crippen LogP contribution in [0.15, 0.2) is 24.4 Å². The van der Waals surface area contributed by atoms with Gasteiger partial charge in [0.1, 0.15) is 0 Å². The largest absolute Gasteiger partial charge is 0.352 e. The number of benzene rings is 1. The zero-order valence-corrected chi connectivity index (χ0v) is 9.23. The normalized spacial score (nSPS) is 10.1. The maximum atomic E-state index is 11.7. The summed E-state index contributed by atoms with van der Waals surface area (Å²) in [5.41, 5.74) is 1.44. The molecule has 0 radical (unpaired) electrons. The van der Waals surface area contributed by atoms with E-state index < -0.39 is 0 Å². The minimum Gasteiger partial charge on any atom is -0.352 e. The Hall–Kier alpha value is -2.35. The summed E-state index contributed by atoms with van der Waals surface area (Å²) in [6.07, 6.45) is 2.85. The molecule has 0 bridgehead atoms. The summed E-state index contributed by atoms with van der Waals surface area (Å²) in [6, 6.07) is 7.41. The molecule has 0 fully saturated rings. The first-order chi connectivity index (χ1) is 8.31. The number of carbonyl (C=O) groups excluding carboxylic acids is 1. The molecule has 5 heteroatoms. The van der Waals surface area contributed by atoms with Crippen LogP contribution in [0.4, 0.5) is 0 Å². The molecule has 1 aromatic carbocycles. The summed E-state index contributed by atoms with van der Waals surface area (Å²) in [6.45, 7) is 0.521. The van der Waals surface area contributed by atoms with Crippen LogP contribution in [-0.4, -0.2) is 22.6 Å². The number of H-pyrrole nitrogens is 1. The number of nitrogens with zero attached hydrogens (tertiary/aromatic N) is 2. The fourth-order valence-electron chi connectivity index (χ4n) is 1.55.